The van der Waals surface area contributed by atoms with Crippen LogP contribution in [0.15, 0.2) is 24.3 Å². The number of benzene rings is 1. The third kappa shape index (κ3) is 3.81. The van der Waals surface area contributed by atoms with Gasteiger partial charge in [-0.1, -0.05) is 12.1 Å². The van der Waals surface area contributed by atoms with Crippen LogP contribution in [0.2, 0.25) is 0 Å². The van der Waals surface area contributed by atoms with Crippen molar-refractivity contribution in [3.05, 3.63) is 34.8 Å². The zero-order chi connectivity index (χ0) is 14.8. The molecule has 4 heteroatoms. The molecule has 0 aliphatic carbocycles. The molecular formula is C16H22N2OS. The van der Waals surface area contributed by atoms with Crippen LogP contribution in [0.5, 0.6) is 5.75 Å². The Balaban J connectivity index is 2.22. The summed E-state index contributed by atoms with van der Waals surface area (Å²) in [7, 11) is 1.69. The number of aryl methyl sites for hydroxylation is 1. The van der Waals surface area contributed by atoms with Crippen molar-refractivity contribution >= 4 is 11.3 Å². The molecule has 0 bridgehead atoms. The molecule has 0 atom stereocenters. The van der Waals surface area contributed by atoms with Gasteiger partial charge >= 0.3 is 0 Å². The van der Waals surface area contributed by atoms with Crippen LogP contribution in [-0.4, -0.2) is 17.6 Å². The number of hydrogen-bond acceptors (Lipinski definition) is 4. The molecule has 0 fully saturated rings. The van der Waals surface area contributed by atoms with Crippen molar-refractivity contribution in [2.75, 3.05) is 7.11 Å². The smallest absolute Gasteiger partial charge is 0.124 e. The lowest BCUT2D eigenvalue weighted by atomic mass is 10.1. The molecule has 1 N–H and O–H groups in total. The second-order valence-corrected chi connectivity index (χ2v) is 6.95. The molecule has 0 amide bonds. The molecule has 20 heavy (non-hydrogen) atoms. The third-order valence-electron chi connectivity index (χ3n) is 2.99. The van der Waals surface area contributed by atoms with Gasteiger partial charge in [0, 0.05) is 22.5 Å². The molecule has 0 aliphatic heterocycles. The molecule has 0 unspecified atom stereocenters. The van der Waals surface area contributed by atoms with E-state index in [1.807, 2.05) is 18.2 Å². The Bertz CT molecular complexity index is 584. The Kier molecular flexibility index (Phi) is 4.45. The third-order valence-corrected chi connectivity index (χ3v) is 4.20. The van der Waals surface area contributed by atoms with Crippen LogP contribution in [-0.2, 0) is 6.54 Å². The molecule has 0 aliphatic rings. The Labute approximate surface area is 125 Å². The molecule has 0 saturated heterocycles. The van der Waals surface area contributed by atoms with E-state index < -0.39 is 0 Å². The Morgan fingerprint density at radius 3 is 2.70 bits per heavy atom. The zero-order valence-electron chi connectivity index (χ0n) is 12.8. The summed E-state index contributed by atoms with van der Waals surface area (Å²) in [5, 5.41) is 4.56. The fourth-order valence-corrected chi connectivity index (χ4v) is 2.82. The minimum absolute atomic E-state index is 0.118. The number of methoxy groups -OCH3 is 1. The largest absolute Gasteiger partial charge is 0.497 e. The summed E-state index contributed by atoms with van der Waals surface area (Å²) in [5.41, 5.74) is 2.33. The number of nitrogens with zero attached hydrogens (tertiary/aromatic N) is 1. The fraction of sp³-hybridized carbons (Fsp3) is 0.438. The molecule has 0 spiro atoms. The molecule has 1 heterocycles. The molecule has 108 valence electrons. The summed E-state index contributed by atoms with van der Waals surface area (Å²) in [5.74, 6) is 0.865. The van der Waals surface area contributed by atoms with E-state index in [1.54, 1.807) is 18.4 Å². The molecule has 1 aromatic carbocycles. The Hall–Kier alpha value is -1.39. The number of ether oxygens (including phenoxy) is 1. The van der Waals surface area contributed by atoms with E-state index >= 15 is 0 Å². The van der Waals surface area contributed by atoms with Gasteiger partial charge in [-0.25, -0.2) is 4.98 Å². The van der Waals surface area contributed by atoms with E-state index in [2.05, 4.69) is 44.1 Å². The maximum absolute atomic E-state index is 5.27. The van der Waals surface area contributed by atoms with Gasteiger partial charge in [0.1, 0.15) is 10.8 Å². The summed E-state index contributed by atoms with van der Waals surface area (Å²) in [6.45, 7) is 9.45. The number of aromatic nitrogens is 1. The van der Waals surface area contributed by atoms with Gasteiger partial charge in [-0.05, 0) is 39.8 Å². The molecular weight excluding hydrogens is 268 g/mol. The standard InChI is InChI=1S/C16H22N2OS/c1-11-14(10-17-16(2,3)4)20-15(18-11)12-7-6-8-13(9-12)19-5/h6-9,17H,10H2,1-5H3. The van der Waals surface area contributed by atoms with E-state index in [0.29, 0.717) is 0 Å². The summed E-state index contributed by atoms with van der Waals surface area (Å²) in [6.07, 6.45) is 0. The molecule has 2 aromatic rings. The van der Waals surface area contributed by atoms with Gasteiger partial charge < -0.3 is 10.1 Å². The SMILES string of the molecule is COc1cccc(-c2nc(C)c(CNC(C)(C)C)s2)c1. The molecule has 0 saturated carbocycles. The lowest BCUT2D eigenvalue weighted by Crippen LogP contribution is -2.34. The van der Waals surface area contributed by atoms with Gasteiger partial charge in [0.2, 0.25) is 0 Å². The van der Waals surface area contributed by atoms with Crippen LogP contribution in [0.3, 0.4) is 0 Å². The lowest BCUT2D eigenvalue weighted by molar-refractivity contribution is 0.415. The van der Waals surface area contributed by atoms with Crippen LogP contribution in [0.4, 0.5) is 0 Å². The Morgan fingerprint density at radius 2 is 2.05 bits per heavy atom. The first-order valence-corrected chi connectivity index (χ1v) is 7.56. The van der Waals surface area contributed by atoms with Gasteiger partial charge in [-0.2, -0.15) is 0 Å². The number of nitrogens with one attached hydrogen (secondary N) is 1. The van der Waals surface area contributed by atoms with Gasteiger partial charge in [0.25, 0.3) is 0 Å². The monoisotopic (exact) mass is 290 g/mol. The second-order valence-electron chi connectivity index (χ2n) is 5.86. The topological polar surface area (TPSA) is 34.1 Å². The first-order valence-electron chi connectivity index (χ1n) is 6.75. The maximum atomic E-state index is 5.27. The van der Waals surface area contributed by atoms with Crippen LogP contribution in [0.1, 0.15) is 31.3 Å². The Morgan fingerprint density at radius 1 is 1.30 bits per heavy atom. The average molecular weight is 290 g/mol. The number of thiazole rings is 1. The first kappa shape index (κ1) is 15.0. The molecule has 3 nitrogen and oxygen atoms in total. The number of rotatable bonds is 4. The highest BCUT2D eigenvalue weighted by Gasteiger charge is 2.13. The van der Waals surface area contributed by atoms with E-state index in [0.717, 1.165) is 28.6 Å². The second kappa shape index (κ2) is 5.94. The van der Waals surface area contributed by atoms with Crippen LogP contribution >= 0.6 is 11.3 Å². The highest BCUT2D eigenvalue weighted by molar-refractivity contribution is 7.15. The first-order chi connectivity index (χ1) is 9.39. The number of hydrogen-bond donors (Lipinski definition) is 1. The van der Waals surface area contributed by atoms with E-state index in [4.69, 9.17) is 4.74 Å². The van der Waals surface area contributed by atoms with E-state index in [9.17, 15) is 0 Å². The van der Waals surface area contributed by atoms with Crippen molar-refractivity contribution in [3.63, 3.8) is 0 Å². The fourth-order valence-electron chi connectivity index (χ4n) is 1.82. The van der Waals surface area contributed by atoms with Crippen molar-refractivity contribution in [2.45, 2.75) is 39.8 Å². The summed E-state index contributed by atoms with van der Waals surface area (Å²) in [6, 6.07) is 8.05. The van der Waals surface area contributed by atoms with Crippen LogP contribution < -0.4 is 10.1 Å². The average Bonchev–Trinajstić information content (AvgIpc) is 2.77. The zero-order valence-corrected chi connectivity index (χ0v) is 13.6. The maximum Gasteiger partial charge on any atom is 0.124 e. The minimum Gasteiger partial charge on any atom is -0.497 e. The van der Waals surface area contributed by atoms with E-state index in [-0.39, 0.29) is 5.54 Å². The van der Waals surface area contributed by atoms with Gasteiger partial charge in [0.15, 0.2) is 0 Å². The summed E-state index contributed by atoms with van der Waals surface area (Å²) < 4.78 is 5.27. The summed E-state index contributed by atoms with van der Waals surface area (Å²) in [4.78, 5) is 5.97. The van der Waals surface area contributed by atoms with Crippen LogP contribution in [0, 0.1) is 6.92 Å². The molecule has 1 aromatic heterocycles. The molecule has 0 radical (unpaired) electrons. The predicted octanol–water partition coefficient (Wildman–Crippen LogP) is 4.02. The van der Waals surface area contributed by atoms with Crippen molar-refractivity contribution in [1.82, 2.24) is 10.3 Å². The highest BCUT2D eigenvalue weighted by atomic mass is 32.1. The normalized spacial score (nSPS) is 11.7. The summed E-state index contributed by atoms with van der Waals surface area (Å²) >= 11 is 1.74. The van der Waals surface area contributed by atoms with Crippen LogP contribution in [0.25, 0.3) is 10.6 Å². The van der Waals surface area contributed by atoms with Crippen molar-refractivity contribution in [2.24, 2.45) is 0 Å². The lowest BCUT2D eigenvalue weighted by Gasteiger charge is -2.19. The minimum atomic E-state index is 0.118. The van der Waals surface area contributed by atoms with Gasteiger partial charge in [0.05, 0.1) is 12.8 Å². The predicted molar refractivity (Wildman–Crippen MR) is 85.4 cm³/mol. The van der Waals surface area contributed by atoms with Crippen molar-refractivity contribution in [1.29, 1.82) is 0 Å². The van der Waals surface area contributed by atoms with Gasteiger partial charge in [-0.3, -0.25) is 0 Å². The quantitative estimate of drug-likeness (QED) is 0.923. The van der Waals surface area contributed by atoms with E-state index in [1.165, 1.54) is 4.88 Å². The van der Waals surface area contributed by atoms with Gasteiger partial charge in [-0.15, -0.1) is 11.3 Å². The van der Waals surface area contributed by atoms with Crippen molar-refractivity contribution < 1.29 is 4.74 Å². The highest BCUT2D eigenvalue weighted by Crippen LogP contribution is 2.30. The molecule has 2 rings (SSSR count). The van der Waals surface area contributed by atoms with Crippen molar-refractivity contribution in [3.8, 4) is 16.3 Å².